The predicted octanol–water partition coefficient (Wildman–Crippen LogP) is 4.12. The molecule has 3 rings (SSSR count). The Morgan fingerprint density at radius 3 is 2.32 bits per heavy atom. The van der Waals surface area contributed by atoms with Gasteiger partial charge in [-0.2, -0.15) is 0 Å². The highest BCUT2D eigenvalue weighted by Crippen LogP contribution is 2.22. The molecule has 0 aliphatic rings. The molecular formula is C21H19FN2O3S. The zero-order valence-electron chi connectivity index (χ0n) is 15.1. The molecule has 0 saturated heterocycles. The number of rotatable bonds is 6. The van der Waals surface area contributed by atoms with Gasteiger partial charge < -0.3 is 5.32 Å². The molecule has 5 nitrogen and oxygen atoms in total. The molecule has 144 valence electrons. The topological polar surface area (TPSA) is 75.3 Å². The summed E-state index contributed by atoms with van der Waals surface area (Å²) in [6.07, 6.45) is 0. The summed E-state index contributed by atoms with van der Waals surface area (Å²) in [4.78, 5) is 12.5. The third-order valence-corrected chi connectivity index (χ3v) is 5.53. The van der Waals surface area contributed by atoms with Crippen molar-refractivity contribution < 1.29 is 17.6 Å². The van der Waals surface area contributed by atoms with E-state index < -0.39 is 21.7 Å². The quantitative estimate of drug-likeness (QED) is 0.656. The minimum absolute atomic E-state index is 0.115. The Morgan fingerprint density at radius 2 is 1.61 bits per heavy atom. The molecule has 0 heterocycles. The number of halogens is 1. The number of nitrogens with one attached hydrogen (secondary N) is 2. The largest absolute Gasteiger partial charge is 0.345 e. The summed E-state index contributed by atoms with van der Waals surface area (Å²) >= 11 is 0. The molecule has 0 saturated carbocycles. The van der Waals surface area contributed by atoms with Gasteiger partial charge in [0.25, 0.3) is 15.9 Å². The van der Waals surface area contributed by atoms with Crippen molar-refractivity contribution in [1.29, 1.82) is 0 Å². The normalized spacial score (nSPS) is 12.2. The van der Waals surface area contributed by atoms with Crippen LogP contribution >= 0.6 is 0 Å². The highest BCUT2D eigenvalue weighted by molar-refractivity contribution is 7.92. The van der Waals surface area contributed by atoms with E-state index in [0.29, 0.717) is 0 Å². The van der Waals surface area contributed by atoms with Crippen molar-refractivity contribution in [1.82, 2.24) is 5.32 Å². The summed E-state index contributed by atoms with van der Waals surface area (Å²) in [5.41, 5.74) is 1.21. The summed E-state index contributed by atoms with van der Waals surface area (Å²) in [5, 5.41) is 2.85. The Hall–Kier alpha value is -3.19. The van der Waals surface area contributed by atoms with Gasteiger partial charge in [0.2, 0.25) is 0 Å². The van der Waals surface area contributed by atoms with Crippen LogP contribution in [0.2, 0.25) is 0 Å². The molecule has 0 aromatic heterocycles. The minimum Gasteiger partial charge on any atom is -0.345 e. The lowest BCUT2D eigenvalue weighted by molar-refractivity contribution is 0.0941. The lowest BCUT2D eigenvalue weighted by atomic mass is 10.1. The van der Waals surface area contributed by atoms with E-state index in [1.165, 1.54) is 24.3 Å². The molecule has 28 heavy (non-hydrogen) atoms. The van der Waals surface area contributed by atoms with Crippen LogP contribution in [0.4, 0.5) is 10.1 Å². The average Bonchev–Trinajstić information content (AvgIpc) is 2.68. The van der Waals surface area contributed by atoms with Crippen molar-refractivity contribution in [2.45, 2.75) is 17.9 Å². The fraction of sp³-hybridized carbons (Fsp3) is 0.0952. The molecular weight excluding hydrogens is 379 g/mol. The maximum absolute atomic E-state index is 13.4. The Labute approximate surface area is 163 Å². The number of benzene rings is 3. The van der Waals surface area contributed by atoms with Crippen LogP contribution in [0.5, 0.6) is 0 Å². The van der Waals surface area contributed by atoms with Gasteiger partial charge in [0.1, 0.15) is 5.82 Å². The van der Waals surface area contributed by atoms with E-state index in [1.54, 1.807) is 12.1 Å². The highest BCUT2D eigenvalue weighted by Gasteiger charge is 2.20. The molecule has 0 bridgehead atoms. The molecule has 3 aromatic rings. The van der Waals surface area contributed by atoms with Crippen LogP contribution in [-0.4, -0.2) is 14.3 Å². The van der Waals surface area contributed by atoms with Gasteiger partial charge in [-0.3, -0.25) is 9.52 Å². The maximum Gasteiger partial charge on any atom is 0.262 e. The van der Waals surface area contributed by atoms with Crippen LogP contribution in [0, 0.1) is 5.82 Å². The number of sulfonamides is 1. The van der Waals surface area contributed by atoms with Crippen LogP contribution in [0.1, 0.15) is 28.9 Å². The van der Waals surface area contributed by atoms with Gasteiger partial charge in [0.15, 0.2) is 0 Å². The number of hydrogen-bond acceptors (Lipinski definition) is 3. The second-order valence-corrected chi connectivity index (χ2v) is 7.90. The van der Waals surface area contributed by atoms with Crippen LogP contribution in [0.3, 0.4) is 0 Å². The lowest BCUT2D eigenvalue weighted by Gasteiger charge is -2.17. The first-order chi connectivity index (χ1) is 13.4. The van der Waals surface area contributed by atoms with Crippen LogP contribution in [0.25, 0.3) is 0 Å². The standard InChI is InChI=1S/C21H19FN2O3S/c1-15(16-8-3-2-4-9-16)23-21(25)19-12-5-6-13-20(19)24-28(26,27)18-11-7-10-17(22)14-18/h2-15,24H,1H3,(H,23,25)/t15-/m0/s1. The predicted molar refractivity (Wildman–Crippen MR) is 106 cm³/mol. The number of amides is 1. The Balaban J connectivity index is 1.84. The molecule has 0 unspecified atom stereocenters. The maximum atomic E-state index is 13.4. The van der Waals surface area contributed by atoms with E-state index in [9.17, 15) is 17.6 Å². The van der Waals surface area contributed by atoms with E-state index in [-0.39, 0.29) is 22.2 Å². The molecule has 0 spiro atoms. The lowest BCUT2D eigenvalue weighted by Crippen LogP contribution is -2.28. The fourth-order valence-electron chi connectivity index (χ4n) is 2.71. The van der Waals surface area contributed by atoms with Crippen molar-refractivity contribution in [3.8, 4) is 0 Å². The first-order valence-corrected chi connectivity index (χ1v) is 10.1. The third-order valence-electron chi connectivity index (χ3n) is 4.17. The van der Waals surface area contributed by atoms with E-state index >= 15 is 0 Å². The van der Waals surface area contributed by atoms with Gasteiger partial charge in [0, 0.05) is 0 Å². The summed E-state index contributed by atoms with van der Waals surface area (Å²) in [6, 6.07) is 20.1. The number of carbonyl (C=O) groups excluding carboxylic acids is 1. The molecule has 0 aliphatic carbocycles. The number of anilines is 1. The Kier molecular flexibility index (Phi) is 5.75. The number of carbonyl (C=O) groups is 1. The number of hydrogen-bond donors (Lipinski definition) is 2. The summed E-state index contributed by atoms with van der Waals surface area (Å²) in [5.74, 6) is -1.08. The first kappa shape index (κ1) is 19.6. The van der Waals surface area contributed by atoms with Gasteiger partial charge in [-0.1, -0.05) is 48.5 Å². The van der Waals surface area contributed by atoms with Gasteiger partial charge in [-0.15, -0.1) is 0 Å². The van der Waals surface area contributed by atoms with Gasteiger partial charge in [-0.05, 0) is 42.8 Å². The third kappa shape index (κ3) is 4.55. The van der Waals surface area contributed by atoms with Gasteiger partial charge >= 0.3 is 0 Å². The van der Waals surface area contributed by atoms with Gasteiger partial charge in [0.05, 0.1) is 22.2 Å². The summed E-state index contributed by atoms with van der Waals surface area (Å²) in [7, 11) is -4.04. The highest BCUT2D eigenvalue weighted by atomic mass is 32.2. The van der Waals surface area contributed by atoms with Crippen molar-refractivity contribution in [2.24, 2.45) is 0 Å². The van der Waals surface area contributed by atoms with Gasteiger partial charge in [-0.25, -0.2) is 12.8 Å². The molecule has 7 heteroatoms. The Morgan fingerprint density at radius 1 is 0.929 bits per heavy atom. The molecule has 2 N–H and O–H groups in total. The molecule has 0 aliphatic heterocycles. The molecule has 0 fully saturated rings. The second-order valence-electron chi connectivity index (χ2n) is 6.21. The molecule has 0 radical (unpaired) electrons. The van der Waals surface area contributed by atoms with Crippen LogP contribution in [-0.2, 0) is 10.0 Å². The Bertz CT molecular complexity index is 1090. The van der Waals surface area contributed by atoms with E-state index in [1.807, 2.05) is 37.3 Å². The SMILES string of the molecule is C[C@H](NC(=O)c1ccccc1NS(=O)(=O)c1cccc(F)c1)c1ccccc1. The second kappa shape index (κ2) is 8.22. The van der Waals surface area contributed by atoms with Crippen molar-refractivity contribution >= 4 is 21.6 Å². The average molecular weight is 398 g/mol. The summed E-state index contributed by atoms with van der Waals surface area (Å²) < 4.78 is 40.9. The smallest absolute Gasteiger partial charge is 0.262 e. The molecule has 3 aromatic carbocycles. The van der Waals surface area contributed by atoms with Crippen LogP contribution in [0.15, 0.2) is 83.8 Å². The minimum atomic E-state index is -4.04. The van der Waals surface area contributed by atoms with Crippen molar-refractivity contribution in [2.75, 3.05) is 4.72 Å². The molecule has 1 amide bonds. The van der Waals surface area contributed by atoms with E-state index in [2.05, 4.69) is 10.0 Å². The molecule has 1 atom stereocenters. The first-order valence-electron chi connectivity index (χ1n) is 8.60. The number of para-hydroxylation sites is 1. The summed E-state index contributed by atoms with van der Waals surface area (Å²) in [6.45, 7) is 1.84. The zero-order chi connectivity index (χ0) is 20.1. The fourth-order valence-corrected chi connectivity index (χ4v) is 3.82. The van der Waals surface area contributed by atoms with E-state index in [0.717, 1.165) is 17.7 Å². The zero-order valence-corrected chi connectivity index (χ0v) is 15.9. The van der Waals surface area contributed by atoms with Crippen molar-refractivity contribution in [3.05, 3.63) is 95.8 Å². The van der Waals surface area contributed by atoms with E-state index in [4.69, 9.17) is 0 Å². The van der Waals surface area contributed by atoms with Crippen LogP contribution < -0.4 is 10.0 Å². The monoisotopic (exact) mass is 398 g/mol. The van der Waals surface area contributed by atoms with Crippen molar-refractivity contribution in [3.63, 3.8) is 0 Å².